The van der Waals surface area contributed by atoms with Crippen molar-refractivity contribution in [3.63, 3.8) is 0 Å². The van der Waals surface area contributed by atoms with Crippen LogP contribution >= 0.6 is 11.6 Å². The van der Waals surface area contributed by atoms with Gasteiger partial charge in [0.15, 0.2) is 5.78 Å². The average molecular weight is 413 g/mol. The fraction of sp³-hybridized carbons (Fsp3) is 0.174. The molecule has 2 aromatic carbocycles. The Morgan fingerprint density at radius 1 is 1.03 bits per heavy atom. The van der Waals surface area contributed by atoms with Crippen LogP contribution in [-0.2, 0) is 6.61 Å². The number of ketones is 1. The van der Waals surface area contributed by atoms with Gasteiger partial charge in [-0.05, 0) is 73.2 Å². The Morgan fingerprint density at radius 3 is 2.55 bits per heavy atom. The number of hydrogen-bond acceptors (Lipinski definition) is 5. The summed E-state index contributed by atoms with van der Waals surface area (Å²) in [6.45, 7) is 2.19. The molecule has 0 aliphatic heterocycles. The van der Waals surface area contributed by atoms with Crippen LogP contribution in [0.15, 0.2) is 59.0 Å². The van der Waals surface area contributed by atoms with Crippen molar-refractivity contribution in [1.82, 2.24) is 0 Å². The van der Waals surface area contributed by atoms with Crippen LogP contribution in [-0.4, -0.2) is 20.0 Å². The number of methoxy groups -OCH3 is 2. The van der Waals surface area contributed by atoms with E-state index in [0.717, 1.165) is 5.56 Å². The van der Waals surface area contributed by atoms with Crippen molar-refractivity contribution in [3.05, 3.63) is 82.3 Å². The van der Waals surface area contributed by atoms with Gasteiger partial charge in [-0.2, -0.15) is 0 Å². The minimum atomic E-state index is -0.216. The van der Waals surface area contributed by atoms with Crippen molar-refractivity contribution >= 4 is 23.5 Å². The molecule has 29 heavy (non-hydrogen) atoms. The molecule has 0 bridgehead atoms. The number of aryl methyl sites for hydroxylation is 1. The lowest BCUT2D eigenvalue weighted by molar-refractivity contribution is 0.104. The minimum Gasteiger partial charge on any atom is -0.497 e. The standard InChI is InChI=1S/C23H21ClO5/c1-15-12-18(6-9-21(15)24)28-14-19-5-4-16(29-19)7-10-22(25)20-13-17(26-2)8-11-23(20)27-3/h4-13H,14H2,1-3H3/b10-7+. The van der Waals surface area contributed by atoms with Crippen molar-refractivity contribution in [1.29, 1.82) is 0 Å². The van der Waals surface area contributed by atoms with Crippen molar-refractivity contribution < 1.29 is 23.4 Å². The van der Waals surface area contributed by atoms with Gasteiger partial charge in [-0.1, -0.05) is 11.6 Å². The van der Waals surface area contributed by atoms with Gasteiger partial charge in [0.25, 0.3) is 0 Å². The molecule has 3 aromatic rings. The molecule has 3 rings (SSSR count). The van der Waals surface area contributed by atoms with E-state index in [1.165, 1.54) is 13.2 Å². The van der Waals surface area contributed by atoms with Crippen LogP contribution in [0.5, 0.6) is 17.2 Å². The zero-order chi connectivity index (χ0) is 20.8. The molecule has 1 heterocycles. The van der Waals surface area contributed by atoms with Gasteiger partial charge in [0.05, 0.1) is 19.8 Å². The summed E-state index contributed by atoms with van der Waals surface area (Å²) in [6, 6.07) is 14.1. The third-order valence-corrected chi connectivity index (χ3v) is 4.69. The second-order valence-corrected chi connectivity index (χ2v) is 6.67. The highest BCUT2D eigenvalue weighted by Gasteiger charge is 2.11. The van der Waals surface area contributed by atoms with Crippen LogP contribution < -0.4 is 14.2 Å². The van der Waals surface area contributed by atoms with E-state index in [9.17, 15) is 4.79 Å². The first-order chi connectivity index (χ1) is 14.0. The van der Waals surface area contributed by atoms with Crippen molar-refractivity contribution in [3.8, 4) is 17.2 Å². The fourth-order valence-corrected chi connectivity index (χ4v) is 2.79. The molecule has 0 saturated heterocycles. The van der Waals surface area contributed by atoms with Crippen molar-refractivity contribution in [2.45, 2.75) is 13.5 Å². The Morgan fingerprint density at radius 2 is 1.83 bits per heavy atom. The van der Waals surface area contributed by atoms with E-state index in [0.29, 0.717) is 39.4 Å². The van der Waals surface area contributed by atoms with Gasteiger partial charge in [0.1, 0.15) is 35.4 Å². The quantitative estimate of drug-likeness (QED) is 0.349. The number of benzene rings is 2. The number of halogens is 1. The third kappa shape index (κ3) is 5.21. The maximum absolute atomic E-state index is 12.5. The molecule has 0 spiro atoms. The highest BCUT2D eigenvalue weighted by Crippen LogP contribution is 2.25. The molecule has 0 saturated carbocycles. The zero-order valence-corrected chi connectivity index (χ0v) is 17.2. The van der Waals surface area contributed by atoms with Gasteiger partial charge >= 0.3 is 0 Å². The number of allylic oxidation sites excluding steroid dienone is 1. The van der Waals surface area contributed by atoms with E-state index in [-0.39, 0.29) is 12.4 Å². The molecule has 0 fully saturated rings. The first kappa shape index (κ1) is 20.6. The summed E-state index contributed by atoms with van der Waals surface area (Å²) in [5, 5.41) is 0.695. The summed E-state index contributed by atoms with van der Waals surface area (Å²) in [5.41, 5.74) is 1.36. The highest BCUT2D eigenvalue weighted by atomic mass is 35.5. The van der Waals surface area contributed by atoms with Crippen LogP contribution in [0.1, 0.15) is 27.4 Å². The summed E-state index contributed by atoms with van der Waals surface area (Å²) < 4.78 is 21.8. The minimum absolute atomic E-state index is 0.216. The Balaban J connectivity index is 1.65. The SMILES string of the molecule is COc1ccc(OC)c(C(=O)/C=C/c2ccc(COc3ccc(Cl)c(C)c3)o2)c1. The van der Waals surface area contributed by atoms with E-state index in [4.69, 9.17) is 30.2 Å². The topological polar surface area (TPSA) is 57.9 Å². The molecule has 0 amide bonds. The molecule has 1 aromatic heterocycles. The largest absolute Gasteiger partial charge is 0.497 e. The monoisotopic (exact) mass is 412 g/mol. The van der Waals surface area contributed by atoms with E-state index in [1.54, 1.807) is 55.7 Å². The second-order valence-electron chi connectivity index (χ2n) is 6.27. The van der Waals surface area contributed by atoms with Crippen molar-refractivity contribution in [2.75, 3.05) is 14.2 Å². The maximum Gasteiger partial charge on any atom is 0.189 e. The maximum atomic E-state index is 12.5. The van der Waals surface area contributed by atoms with Gasteiger partial charge < -0.3 is 18.6 Å². The summed E-state index contributed by atoms with van der Waals surface area (Å²) in [4.78, 5) is 12.5. The van der Waals surface area contributed by atoms with Crippen LogP contribution in [0.2, 0.25) is 5.02 Å². The lowest BCUT2D eigenvalue weighted by Crippen LogP contribution is -1.99. The lowest BCUT2D eigenvalue weighted by atomic mass is 10.1. The molecule has 0 unspecified atom stereocenters. The number of ether oxygens (including phenoxy) is 3. The molecule has 5 nitrogen and oxygen atoms in total. The van der Waals surface area contributed by atoms with Crippen LogP contribution in [0, 0.1) is 6.92 Å². The van der Waals surface area contributed by atoms with Crippen LogP contribution in [0.25, 0.3) is 6.08 Å². The first-order valence-electron chi connectivity index (χ1n) is 8.92. The molecule has 0 N–H and O–H groups in total. The number of carbonyl (C=O) groups excluding carboxylic acids is 1. The summed E-state index contributed by atoms with van der Waals surface area (Å²) >= 11 is 6.02. The van der Waals surface area contributed by atoms with Gasteiger partial charge in [0, 0.05) is 5.02 Å². The van der Waals surface area contributed by atoms with Gasteiger partial charge in [0.2, 0.25) is 0 Å². The van der Waals surface area contributed by atoms with Gasteiger partial charge in [-0.15, -0.1) is 0 Å². The molecule has 150 valence electrons. The molecule has 6 heteroatoms. The number of carbonyl (C=O) groups is 1. The molecule has 0 aliphatic carbocycles. The first-order valence-corrected chi connectivity index (χ1v) is 9.30. The molecular formula is C23H21ClO5. The molecular weight excluding hydrogens is 392 g/mol. The second kappa shape index (κ2) is 9.34. The van der Waals surface area contributed by atoms with Gasteiger partial charge in [-0.3, -0.25) is 4.79 Å². The Kier molecular flexibility index (Phi) is 6.62. The third-order valence-electron chi connectivity index (χ3n) is 4.26. The summed E-state index contributed by atoms with van der Waals surface area (Å²) in [6.07, 6.45) is 3.04. The Hall–Kier alpha value is -3.18. The summed E-state index contributed by atoms with van der Waals surface area (Å²) in [7, 11) is 3.06. The molecule has 0 radical (unpaired) electrons. The summed E-state index contributed by atoms with van der Waals surface area (Å²) in [5.74, 6) is 2.74. The zero-order valence-electron chi connectivity index (χ0n) is 16.4. The van der Waals surface area contributed by atoms with Gasteiger partial charge in [-0.25, -0.2) is 0 Å². The normalized spacial score (nSPS) is 10.9. The van der Waals surface area contributed by atoms with Crippen LogP contribution in [0.4, 0.5) is 0 Å². The number of furan rings is 1. The Labute approximate surface area is 174 Å². The van der Waals surface area contributed by atoms with Crippen LogP contribution in [0.3, 0.4) is 0 Å². The fourth-order valence-electron chi connectivity index (χ4n) is 2.68. The van der Waals surface area contributed by atoms with E-state index < -0.39 is 0 Å². The predicted octanol–water partition coefficient (Wildman–Crippen LogP) is 5.73. The Bertz CT molecular complexity index is 1040. The number of rotatable bonds is 8. The van der Waals surface area contributed by atoms with Crippen molar-refractivity contribution in [2.24, 2.45) is 0 Å². The highest BCUT2D eigenvalue weighted by molar-refractivity contribution is 6.31. The van der Waals surface area contributed by atoms with E-state index in [2.05, 4.69) is 0 Å². The lowest BCUT2D eigenvalue weighted by Gasteiger charge is -2.07. The smallest absolute Gasteiger partial charge is 0.189 e. The predicted molar refractivity (Wildman–Crippen MR) is 112 cm³/mol. The average Bonchev–Trinajstić information content (AvgIpc) is 3.20. The van der Waals surface area contributed by atoms with E-state index in [1.807, 2.05) is 13.0 Å². The number of hydrogen-bond donors (Lipinski definition) is 0. The van der Waals surface area contributed by atoms with E-state index >= 15 is 0 Å². The molecule has 0 aliphatic rings. The molecule has 0 atom stereocenters.